The van der Waals surface area contributed by atoms with Gasteiger partial charge in [0.25, 0.3) is 5.91 Å². The van der Waals surface area contributed by atoms with Crippen molar-refractivity contribution in [2.45, 2.75) is 4.34 Å². The van der Waals surface area contributed by atoms with Crippen molar-refractivity contribution in [3.63, 3.8) is 0 Å². The molecular formula is C16H13N5OS2. The van der Waals surface area contributed by atoms with Crippen LogP contribution in [0.3, 0.4) is 0 Å². The highest BCUT2D eigenvalue weighted by Gasteiger charge is 2.09. The quantitative estimate of drug-likeness (QED) is 0.418. The second kappa shape index (κ2) is 8.32. The highest BCUT2D eigenvalue weighted by molar-refractivity contribution is 8.01. The van der Waals surface area contributed by atoms with Gasteiger partial charge in [0.05, 0.1) is 17.7 Å². The molecule has 0 radical (unpaired) electrons. The largest absolute Gasteiger partial charge is 0.272 e. The van der Waals surface area contributed by atoms with Crippen LogP contribution in [-0.4, -0.2) is 33.1 Å². The molecule has 0 atom stereocenters. The summed E-state index contributed by atoms with van der Waals surface area (Å²) < 4.78 is 0.748. The molecule has 2 aromatic heterocycles. The van der Waals surface area contributed by atoms with Gasteiger partial charge in [0, 0.05) is 11.8 Å². The first-order chi connectivity index (χ1) is 11.8. The molecule has 0 aliphatic carbocycles. The topological polar surface area (TPSA) is 80.1 Å². The first-order valence-corrected chi connectivity index (χ1v) is 8.86. The Morgan fingerprint density at radius 2 is 2.00 bits per heavy atom. The maximum Gasteiger partial charge on any atom is 0.250 e. The molecule has 1 amide bonds. The Bertz CT molecular complexity index is 821. The minimum atomic E-state index is -0.205. The number of pyridine rings is 1. The van der Waals surface area contributed by atoms with Gasteiger partial charge in [-0.1, -0.05) is 59.5 Å². The first kappa shape index (κ1) is 16.3. The van der Waals surface area contributed by atoms with Crippen LogP contribution in [0, 0.1) is 0 Å². The number of hydrogen-bond donors (Lipinski definition) is 1. The molecule has 1 N–H and O–H groups in total. The Morgan fingerprint density at radius 3 is 2.79 bits per heavy atom. The number of nitrogens with one attached hydrogen (secondary N) is 1. The fourth-order valence-corrected chi connectivity index (χ4v) is 3.40. The van der Waals surface area contributed by atoms with Crippen LogP contribution in [0.1, 0.15) is 5.69 Å². The summed E-state index contributed by atoms with van der Waals surface area (Å²) in [5, 5.41) is 13.0. The zero-order valence-electron chi connectivity index (χ0n) is 12.5. The smallest absolute Gasteiger partial charge is 0.250 e. The van der Waals surface area contributed by atoms with E-state index in [1.54, 1.807) is 12.3 Å². The molecule has 0 aliphatic heterocycles. The molecule has 0 spiro atoms. The standard InChI is InChI=1S/C16H13N5OS2/c22-14(19-18-10-13-8-4-5-9-17-13)11-23-16-21-20-15(24-16)12-6-2-1-3-7-12/h1-10H,11H2,(H,19,22). The highest BCUT2D eigenvalue weighted by atomic mass is 32.2. The average molecular weight is 355 g/mol. The van der Waals surface area contributed by atoms with Gasteiger partial charge in [0.2, 0.25) is 0 Å². The number of amides is 1. The van der Waals surface area contributed by atoms with Crippen LogP contribution < -0.4 is 5.43 Å². The van der Waals surface area contributed by atoms with Crippen LogP contribution in [0.25, 0.3) is 10.6 Å². The third-order valence-electron chi connectivity index (χ3n) is 2.83. The Hall–Kier alpha value is -2.58. The summed E-state index contributed by atoms with van der Waals surface area (Å²) in [7, 11) is 0. The lowest BCUT2D eigenvalue weighted by atomic mass is 10.2. The van der Waals surface area contributed by atoms with Gasteiger partial charge in [0.1, 0.15) is 5.01 Å². The Kier molecular flexibility index (Phi) is 5.65. The fourth-order valence-electron chi connectivity index (χ4n) is 1.75. The lowest BCUT2D eigenvalue weighted by Crippen LogP contribution is -2.19. The normalized spacial score (nSPS) is 10.8. The number of carbonyl (C=O) groups is 1. The highest BCUT2D eigenvalue weighted by Crippen LogP contribution is 2.28. The number of nitrogens with zero attached hydrogens (tertiary/aromatic N) is 4. The van der Waals surface area contributed by atoms with E-state index in [0.29, 0.717) is 5.69 Å². The zero-order chi connectivity index (χ0) is 16.6. The second-order valence-electron chi connectivity index (χ2n) is 4.58. The minimum Gasteiger partial charge on any atom is -0.272 e. The van der Waals surface area contributed by atoms with Crippen LogP contribution in [-0.2, 0) is 4.79 Å². The summed E-state index contributed by atoms with van der Waals surface area (Å²) in [4.78, 5) is 15.9. The zero-order valence-corrected chi connectivity index (χ0v) is 14.1. The molecular weight excluding hydrogens is 342 g/mol. The summed E-state index contributed by atoms with van der Waals surface area (Å²) in [6, 6.07) is 15.3. The van der Waals surface area contributed by atoms with E-state index in [2.05, 4.69) is 25.7 Å². The van der Waals surface area contributed by atoms with E-state index in [0.717, 1.165) is 14.9 Å². The number of hydrazone groups is 1. The van der Waals surface area contributed by atoms with Gasteiger partial charge in [-0.2, -0.15) is 5.10 Å². The molecule has 0 unspecified atom stereocenters. The molecule has 3 rings (SSSR count). The summed E-state index contributed by atoms with van der Waals surface area (Å²) in [5.74, 6) is 0.0202. The number of hydrogen-bond acceptors (Lipinski definition) is 7. The van der Waals surface area contributed by atoms with Crippen molar-refractivity contribution in [1.29, 1.82) is 0 Å². The van der Waals surface area contributed by atoms with E-state index < -0.39 is 0 Å². The summed E-state index contributed by atoms with van der Waals surface area (Å²) >= 11 is 2.79. The molecule has 0 saturated carbocycles. The predicted octanol–water partition coefficient (Wildman–Crippen LogP) is 2.84. The Morgan fingerprint density at radius 1 is 1.17 bits per heavy atom. The number of benzene rings is 1. The van der Waals surface area contributed by atoms with Crippen LogP contribution in [0.4, 0.5) is 0 Å². The van der Waals surface area contributed by atoms with Crippen LogP contribution in [0.15, 0.2) is 64.2 Å². The fraction of sp³-hybridized carbons (Fsp3) is 0.0625. The van der Waals surface area contributed by atoms with E-state index in [-0.39, 0.29) is 11.7 Å². The summed E-state index contributed by atoms with van der Waals surface area (Å²) in [6.07, 6.45) is 3.17. The molecule has 0 saturated heterocycles. The third-order valence-corrected chi connectivity index (χ3v) is 4.93. The van der Waals surface area contributed by atoms with E-state index in [1.807, 2.05) is 42.5 Å². The van der Waals surface area contributed by atoms with Gasteiger partial charge in [0.15, 0.2) is 4.34 Å². The van der Waals surface area contributed by atoms with E-state index >= 15 is 0 Å². The number of thioether (sulfide) groups is 1. The lowest BCUT2D eigenvalue weighted by molar-refractivity contribution is -0.118. The number of rotatable bonds is 6. The van der Waals surface area contributed by atoms with E-state index in [1.165, 1.54) is 29.3 Å². The van der Waals surface area contributed by atoms with Gasteiger partial charge < -0.3 is 0 Å². The van der Waals surface area contributed by atoms with Crippen molar-refractivity contribution in [2.75, 3.05) is 5.75 Å². The number of aromatic nitrogens is 3. The maximum absolute atomic E-state index is 11.8. The SMILES string of the molecule is O=C(CSc1nnc(-c2ccccc2)s1)NN=Cc1ccccn1. The first-order valence-electron chi connectivity index (χ1n) is 7.06. The molecule has 24 heavy (non-hydrogen) atoms. The Labute approximate surface area is 147 Å². The molecule has 2 heterocycles. The van der Waals surface area contributed by atoms with Crippen molar-refractivity contribution < 1.29 is 4.79 Å². The molecule has 0 bridgehead atoms. The monoisotopic (exact) mass is 355 g/mol. The molecule has 1 aromatic carbocycles. The average Bonchev–Trinajstić information content (AvgIpc) is 3.11. The van der Waals surface area contributed by atoms with Crippen molar-refractivity contribution >= 4 is 35.2 Å². The van der Waals surface area contributed by atoms with Crippen LogP contribution >= 0.6 is 23.1 Å². The van der Waals surface area contributed by atoms with Gasteiger partial charge in [-0.3, -0.25) is 9.78 Å². The van der Waals surface area contributed by atoms with Gasteiger partial charge in [-0.25, -0.2) is 5.43 Å². The molecule has 0 aliphatic rings. The van der Waals surface area contributed by atoms with Crippen molar-refractivity contribution in [3.05, 3.63) is 60.4 Å². The summed E-state index contributed by atoms with van der Waals surface area (Å²) in [6.45, 7) is 0. The van der Waals surface area contributed by atoms with Crippen molar-refractivity contribution in [1.82, 2.24) is 20.6 Å². The molecule has 0 fully saturated rings. The Balaban J connectivity index is 1.48. The third kappa shape index (κ3) is 4.71. The van der Waals surface area contributed by atoms with Crippen molar-refractivity contribution in [2.24, 2.45) is 5.10 Å². The van der Waals surface area contributed by atoms with Crippen LogP contribution in [0.5, 0.6) is 0 Å². The lowest BCUT2D eigenvalue weighted by Gasteiger charge is -1.97. The molecule has 3 aromatic rings. The van der Waals surface area contributed by atoms with Gasteiger partial charge >= 0.3 is 0 Å². The predicted molar refractivity (Wildman–Crippen MR) is 96.0 cm³/mol. The minimum absolute atomic E-state index is 0.205. The van der Waals surface area contributed by atoms with Gasteiger partial charge in [-0.15, -0.1) is 10.2 Å². The maximum atomic E-state index is 11.8. The summed E-state index contributed by atoms with van der Waals surface area (Å²) in [5.41, 5.74) is 4.17. The van der Waals surface area contributed by atoms with E-state index in [4.69, 9.17) is 0 Å². The molecule has 6 nitrogen and oxygen atoms in total. The number of carbonyl (C=O) groups excluding carboxylic acids is 1. The van der Waals surface area contributed by atoms with Gasteiger partial charge in [-0.05, 0) is 12.1 Å². The van der Waals surface area contributed by atoms with Crippen LogP contribution in [0.2, 0.25) is 0 Å². The molecule has 8 heteroatoms. The second-order valence-corrected chi connectivity index (χ2v) is 6.78. The van der Waals surface area contributed by atoms with E-state index in [9.17, 15) is 4.79 Å². The van der Waals surface area contributed by atoms with Crippen molar-refractivity contribution in [3.8, 4) is 10.6 Å². The molecule has 120 valence electrons.